The van der Waals surface area contributed by atoms with Crippen LogP contribution in [0.1, 0.15) is 33.1 Å². The van der Waals surface area contributed by atoms with E-state index < -0.39 is 29.6 Å². The molecule has 0 bridgehead atoms. The molecule has 1 saturated carbocycles. The molecule has 5 nitrogen and oxygen atoms in total. The lowest BCUT2D eigenvalue weighted by Gasteiger charge is -2.40. The molecule has 0 aromatic rings. The summed E-state index contributed by atoms with van der Waals surface area (Å²) in [7, 11) is 0. The SMILES string of the molecule is C=C1C(=O)O[C@@H]2[C@H]1CC[C@H](C)C1=CC[C@H](O)[C@]12COC(C)=O. The fourth-order valence-electron chi connectivity index (χ4n) is 4.31. The lowest BCUT2D eigenvalue weighted by molar-refractivity contribution is -0.159. The van der Waals surface area contributed by atoms with Crippen molar-refractivity contribution in [3.8, 4) is 0 Å². The van der Waals surface area contributed by atoms with Crippen molar-refractivity contribution < 1.29 is 24.2 Å². The summed E-state index contributed by atoms with van der Waals surface area (Å²) in [4.78, 5) is 23.3. The Hall–Kier alpha value is -1.62. The molecule has 22 heavy (non-hydrogen) atoms. The lowest BCUT2D eigenvalue weighted by atomic mass is 9.69. The summed E-state index contributed by atoms with van der Waals surface area (Å²) in [5.41, 5.74) is 0.692. The van der Waals surface area contributed by atoms with E-state index in [0.29, 0.717) is 12.0 Å². The molecular weight excluding hydrogens is 284 g/mol. The normalized spacial score (nSPS) is 40.4. The first kappa shape index (κ1) is 15.3. The number of fused-ring (bicyclic) bond motifs is 3. The van der Waals surface area contributed by atoms with Gasteiger partial charge in [0.2, 0.25) is 0 Å². The van der Waals surface area contributed by atoms with Crippen LogP contribution >= 0.6 is 0 Å². The number of carbonyl (C=O) groups is 2. The van der Waals surface area contributed by atoms with E-state index >= 15 is 0 Å². The largest absolute Gasteiger partial charge is 0.465 e. The molecule has 120 valence electrons. The zero-order valence-corrected chi connectivity index (χ0v) is 13.0. The summed E-state index contributed by atoms with van der Waals surface area (Å²) in [6.07, 6.45) is 3.00. The Labute approximate surface area is 130 Å². The third-order valence-corrected chi connectivity index (χ3v) is 5.47. The number of aliphatic hydroxyl groups is 1. The minimum Gasteiger partial charge on any atom is -0.465 e. The highest BCUT2D eigenvalue weighted by molar-refractivity contribution is 5.91. The van der Waals surface area contributed by atoms with Crippen LogP contribution in [0, 0.1) is 17.3 Å². The Morgan fingerprint density at radius 3 is 2.95 bits per heavy atom. The van der Waals surface area contributed by atoms with Crippen molar-refractivity contribution in [2.24, 2.45) is 17.3 Å². The van der Waals surface area contributed by atoms with Crippen LogP contribution < -0.4 is 0 Å². The van der Waals surface area contributed by atoms with E-state index in [0.717, 1.165) is 18.4 Å². The maximum absolute atomic E-state index is 12.0. The van der Waals surface area contributed by atoms with E-state index in [1.165, 1.54) is 6.92 Å². The van der Waals surface area contributed by atoms with Gasteiger partial charge in [-0.15, -0.1) is 0 Å². The summed E-state index contributed by atoms with van der Waals surface area (Å²) < 4.78 is 10.9. The molecule has 0 unspecified atom stereocenters. The minimum atomic E-state index is -0.832. The number of rotatable bonds is 2. The van der Waals surface area contributed by atoms with Crippen LogP contribution in [-0.4, -0.2) is 35.9 Å². The second-order valence-electron chi connectivity index (χ2n) is 6.67. The number of hydrogen-bond acceptors (Lipinski definition) is 5. The molecule has 0 spiro atoms. The van der Waals surface area contributed by atoms with E-state index in [1.54, 1.807) is 0 Å². The number of carbonyl (C=O) groups excluding carboxylic acids is 2. The minimum absolute atomic E-state index is 0.0431. The van der Waals surface area contributed by atoms with Crippen molar-refractivity contribution >= 4 is 11.9 Å². The first-order chi connectivity index (χ1) is 10.4. The molecule has 0 radical (unpaired) electrons. The molecule has 0 amide bonds. The average Bonchev–Trinajstić information content (AvgIpc) is 2.90. The molecule has 0 aromatic carbocycles. The third kappa shape index (κ3) is 2.02. The lowest BCUT2D eigenvalue weighted by Crippen LogP contribution is -2.50. The molecule has 1 N–H and O–H groups in total. The van der Waals surface area contributed by atoms with Crippen molar-refractivity contribution in [1.29, 1.82) is 0 Å². The maximum Gasteiger partial charge on any atom is 0.334 e. The van der Waals surface area contributed by atoms with E-state index in [1.807, 2.05) is 6.08 Å². The molecule has 3 aliphatic rings. The smallest absolute Gasteiger partial charge is 0.334 e. The molecule has 1 heterocycles. The van der Waals surface area contributed by atoms with Crippen molar-refractivity contribution in [3.63, 3.8) is 0 Å². The van der Waals surface area contributed by atoms with Crippen molar-refractivity contribution in [2.45, 2.75) is 45.3 Å². The Morgan fingerprint density at radius 1 is 1.55 bits per heavy atom. The molecule has 5 atom stereocenters. The van der Waals surface area contributed by atoms with Gasteiger partial charge in [0.1, 0.15) is 12.7 Å². The highest BCUT2D eigenvalue weighted by Crippen LogP contribution is 2.56. The van der Waals surface area contributed by atoms with Gasteiger partial charge >= 0.3 is 11.9 Å². The maximum atomic E-state index is 12.0. The number of ether oxygens (including phenoxy) is 2. The van der Waals surface area contributed by atoms with Crippen LogP contribution in [0.5, 0.6) is 0 Å². The molecule has 1 aliphatic heterocycles. The molecule has 5 heteroatoms. The van der Waals surface area contributed by atoms with Gasteiger partial charge in [-0.2, -0.15) is 0 Å². The molecule has 3 rings (SSSR count). The van der Waals surface area contributed by atoms with Crippen molar-refractivity contribution in [1.82, 2.24) is 0 Å². The fraction of sp³-hybridized carbons (Fsp3) is 0.647. The van der Waals surface area contributed by atoms with Crippen molar-refractivity contribution in [3.05, 3.63) is 23.8 Å². The van der Waals surface area contributed by atoms with Crippen LogP contribution in [0.3, 0.4) is 0 Å². The Balaban J connectivity index is 2.06. The summed E-state index contributed by atoms with van der Waals surface area (Å²) in [6.45, 7) is 7.37. The van der Waals surface area contributed by atoms with Gasteiger partial charge in [0.15, 0.2) is 0 Å². The molecular formula is C17H22O5. The highest BCUT2D eigenvalue weighted by Gasteiger charge is 2.61. The van der Waals surface area contributed by atoms with Gasteiger partial charge in [-0.1, -0.05) is 25.2 Å². The Kier molecular flexibility index (Phi) is 3.63. The molecule has 0 aromatic heterocycles. The quantitative estimate of drug-likeness (QED) is 0.478. The van der Waals surface area contributed by atoms with Gasteiger partial charge < -0.3 is 14.6 Å². The molecule has 2 aliphatic carbocycles. The zero-order valence-electron chi connectivity index (χ0n) is 13.0. The van der Waals surface area contributed by atoms with Crippen molar-refractivity contribution in [2.75, 3.05) is 6.61 Å². The van der Waals surface area contributed by atoms with Gasteiger partial charge in [0.05, 0.1) is 11.5 Å². The van der Waals surface area contributed by atoms with E-state index in [9.17, 15) is 14.7 Å². The number of aliphatic hydroxyl groups excluding tert-OH is 1. The summed E-state index contributed by atoms with van der Waals surface area (Å²) >= 11 is 0. The zero-order chi connectivity index (χ0) is 16.1. The van der Waals surface area contributed by atoms with Gasteiger partial charge in [0, 0.05) is 18.4 Å². The second kappa shape index (κ2) is 5.23. The summed E-state index contributed by atoms with van der Waals surface area (Å²) in [6, 6.07) is 0. The molecule has 2 fully saturated rings. The molecule has 1 saturated heterocycles. The third-order valence-electron chi connectivity index (χ3n) is 5.47. The van der Waals surface area contributed by atoms with Gasteiger partial charge in [0.25, 0.3) is 0 Å². The average molecular weight is 306 g/mol. The first-order valence-electron chi connectivity index (χ1n) is 7.79. The van der Waals surface area contributed by atoms with Crippen LogP contribution in [0.4, 0.5) is 0 Å². The fourth-order valence-corrected chi connectivity index (χ4v) is 4.31. The highest BCUT2D eigenvalue weighted by atomic mass is 16.6. The summed E-state index contributed by atoms with van der Waals surface area (Å²) in [5.74, 6) is -0.663. The second-order valence-corrected chi connectivity index (χ2v) is 6.67. The van der Waals surface area contributed by atoms with Gasteiger partial charge in [-0.05, 0) is 25.2 Å². The Bertz CT molecular complexity index is 563. The number of esters is 2. The predicted molar refractivity (Wildman–Crippen MR) is 78.7 cm³/mol. The topological polar surface area (TPSA) is 72.8 Å². The first-order valence-corrected chi connectivity index (χ1v) is 7.79. The van der Waals surface area contributed by atoms with E-state index in [2.05, 4.69) is 13.5 Å². The Morgan fingerprint density at radius 2 is 2.27 bits per heavy atom. The van der Waals surface area contributed by atoms with Gasteiger partial charge in [-0.3, -0.25) is 4.79 Å². The standard InChI is InChI=1S/C17H22O5/c1-9-4-5-12-10(2)16(20)22-15(12)17(8-21-11(3)18)13(9)6-7-14(17)19/h6,9,12,14-15,19H,2,4-5,7-8H2,1,3H3/t9-,12-,14-,15+,17-/m0/s1. The van der Waals surface area contributed by atoms with Gasteiger partial charge in [-0.25, -0.2) is 4.79 Å². The van der Waals surface area contributed by atoms with Crippen LogP contribution in [-0.2, 0) is 19.1 Å². The summed E-state index contributed by atoms with van der Waals surface area (Å²) in [5, 5.41) is 10.7. The van der Waals surface area contributed by atoms with Crippen LogP contribution in [0.25, 0.3) is 0 Å². The van der Waals surface area contributed by atoms with E-state index in [-0.39, 0.29) is 18.4 Å². The predicted octanol–water partition coefficient (Wildman–Crippen LogP) is 1.75. The van der Waals surface area contributed by atoms with Crippen LogP contribution in [0.15, 0.2) is 23.8 Å². The monoisotopic (exact) mass is 306 g/mol. The number of hydrogen-bond donors (Lipinski definition) is 1. The van der Waals surface area contributed by atoms with E-state index in [4.69, 9.17) is 9.47 Å². The van der Waals surface area contributed by atoms with Crippen LogP contribution in [0.2, 0.25) is 0 Å².